The maximum Gasteiger partial charge on any atom is 0.116 e. The molecule has 2 aromatic rings. The Morgan fingerprint density at radius 1 is 1.06 bits per heavy atom. The molecule has 1 saturated carbocycles. The van der Waals surface area contributed by atoms with Crippen molar-refractivity contribution in [3.8, 4) is 5.75 Å². The van der Waals surface area contributed by atoms with Crippen LogP contribution in [0.3, 0.4) is 0 Å². The second-order valence-electron chi connectivity index (χ2n) is 5.07. The molecule has 3 rings (SSSR count). The Labute approximate surface area is 101 Å². The molecule has 3 N–H and O–H groups in total. The molecule has 1 aliphatic rings. The van der Waals surface area contributed by atoms with E-state index in [0.29, 0.717) is 5.75 Å². The van der Waals surface area contributed by atoms with E-state index >= 15 is 0 Å². The van der Waals surface area contributed by atoms with E-state index in [1.807, 2.05) is 12.1 Å². The van der Waals surface area contributed by atoms with Gasteiger partial charge in [-0.2, -0.15) is 0 Å². The summed E-state index contributed by atoms with van der Waals surface area (Å²) in [6.07, 6.45) is 4.49. The molecule has 0 bridgehead atoms. The molecule has 0 aliphatic heterocycles. The molecule has 1 fully saturated rings. The van der Waals surface area contributed by atoms with Gasteiger partial charge in [-0.15, -0.1) is 0 Å². The second kappa shape index (κ2) is 3.74. The third-order valence-corrected chi connectivity index (χ3v) is 3.90. The number of rotatable bonds is 1. The highest BCUT2D eigenvalue weighted by Gasteiger charge is 2.32. The highest BCUT2D eigenvalue weighted by Crippen LogP contribution is 2.40. The van der Waals surface area contributed by atoms with Gasteiger partial charge in [-0.3, -0.25) is 0 Å². The Hall–Kier alpha value is -1.54. The zero-order chi connectivity index (χ0) is 11.9. The number of hydrogen-bond acceptors (Lipinski definition) is 2. The van der Waals surface area contributed by atoms with E-state index in [0.717, 1.165) is 23.6 Å². The van der Waals surface area contributed by atoms with Crippen molar-refractivity contribution >= 4 is 10.8 Å². The lowest BCUT2D eigenvalue weighted by atomic mass is 9.86. The van der Waals surface area contributed by atoms with Gasteiger partial charge in [0.05, 0.1) is 0 Å². The Balaban J connectivity index is 2.25. The maximum atomic E-state index is 9.64. The first-order valence-electron chi connectivity index (χ1n) is 6.20. The number of phenolic OH excluding ortho intramolecular Hbond substituents is 1. The number of aromatic hydroxyl groups is 1. The van der Waals surface area contributed by atoms with Crippen molar-refractivity contribution in [2.24, 2.45) is 5.73 Å². The molecule has 88 valence electrons. The van der Waals surface area contributed by atoms with Crippen LogP contribution in [0.25, 0.3) is 10.8 Å². The van der Waals surface area contributed by atoms with Gasteiger partial charge in [-0.25, -0.2) is 0 Å². The molecule has 0 unspecified atom stereocenters. The van der Waals surface area contributed by atoms with Gasteiger partial charge in [0, 0.05) is 5.54 Å². The topological polar surface area (TPSA) is 46.2 Å². The van der Waals surface area contributed by atoms with Crippen molar-refractivity contribution in [3.63, 3.8) is 0 Å². The van der Waals surface area contributed by atoms with Gasteiger partial charge in [0.15, 0.2) is 0 Å². The smallest absolute Gasteiger partial charge is 0.116 e. The normalized spacial score (nSPS) is 18.6. The lowest BCUT2D eigenvalue weighted by Gasteiger charge is -2.26. The zero-order valence-corrected chi connectivity index (χ0v) is 9.82. The predicted molar refractivity (Wildman–Crippen MR) is 69.9 cm³/mol. The van der Waals surface area contributed by atoms with Gasteiger partial charge in [-0.1, -0.05) is 37.1 Å². The monoisotopic (exact) mass is 227 g/mol. The van der Waals surface area contributed by atoms with Crippen LogP contribution in [0.2, 0.25) is 0 Å². The molecule has 2 nitrogen and oxygen atoms in total. The number of fused-ring (bicyclic) bond motifs is 1. The molecule has 0 heterocycles. The van der Waals surface area contributed by atoms with Gasteiger partial charge < -0.3 is 10.8 Å². The summed E-state index contributed by atoms with van der Waals surface area (Å²) in [4.78, 5) is 0. The van der Waals surface area contributed by atoms with Gasteiger partial charge >= 0.3 is 0 Å². The molecule has 0 atom stereocenters. The van der Waals surface area contributed by atoms with Crippen LogP contribution in [0.4, 0.5) is 0 Å². The Morgan fingerprint density at radius 3 is 2.59 bits per heavy atom. The van der Waals surface area contributed by atoms with Crippen molar-refractivity contribution < 1.29 is 5.11 Å². The molecule has 0 amide bonds. The number of phenols is 1. The number of nitrogens with two attached hydrogens (primary N) is 1. The van der Waals surface area contributed by atoms with Crippen molar-refractivity contribution in [1.29, 1.82) is 0 Å². The van der Waals surface area contributed by atoms with Gasteiger partial charge in [0.2, 0.25) is 0 Å². The SMILES string of the molecule is NC1(c2cccc3ccc(O)cc23)CCCC1. The first-order valence-corrected chi connectivity index (χ1v) is 6.20. The van der Waals surface area contributed by atoms with Gasteiger partial charge in [0.1, 0.15) is 5.75 Å². The summed E-state index contributed by atoms with van der Waals surface area (Å²) in [5, 5.41) is 11.9. The Morgan fingerprint density at radius 2 is 1.82 bits per heavy atom. The molecule has 0 radical (unpaired) electrons. The van der Waals surface area contributed by atoms with E-state index in [1.54, 1.807) is 6.07 Å². The van der Waals surface area contributed by atoms with E-state index in [1.165, 1.54) is 18.4 Å². The molecular weight excluding hydrogens is 210 g/mol. The average molecular weight is 227 g/mol. The predicted octanol–water partition coefficient (Wildman–Crippen LogP) is 3.27. The molecule has 0 spiro atoms. The summed E-state index contributed by atoms with van der Waals surface area (Å²) in [7, 11) is 0. The highest BCUT2D eigenvalue weighted by atomic mass is 16.3. The van der Waals surface area contributed by atoms with Crippen LogP contribution in [0.5, 0.6) is 5.75 Å². The minimum absolute atomic E-state index is 0.201. The van der Waals surface area contributed by atoms with Crippen molar-refractivity contribution in [2.75, 3.05) is 0 Å². The molecule has 0 saturated heterocycles. The quantitative estimate of drug-likeness (QED) is 0.785. The van der Waals surface area contributed by atoms with Crippen molar-refractivity contribution in [2.45, 2.75) is 31.2 Å². The second-order valence-corrected chi connectivity index (χ2v) is 5.07. The summed E-state index contributed by atoms with van der Waals surface area (Å²) in [5.41, 5.74) is 7.50. The largest absolute Gasteiger partial charge is 0.508 e. The van der Waals surface area contributed by atoms with E-state index in [9.17, 15) is 5.11 Å². The number of hydrogen-bond donors (Lipinski definition) is 2. The molecule has 2 aromatic carbocycles. The summed E-state index contributed by atoms with van der Waals surface area (Å²) < 4.78 is 0. The Kier molecular flexibility index (Phi) is 2.33. The van der Waals surface area contributed by atoms with Crippen LogP contribution in [0, 0.1) is 0 Å². The minimum Gasteiger partial charge on any atom is -0.508 e. The first-order chi connectivity index (χ1) is 8.19. The molecule has 2 heteroatoms. The summed E-state index contributed by atoms with van der Waals surface area (Å²) in [5.74, 6) is 0.312. The van der Waals surface area contributed by atoms with E-state index in [4.69, 9.17) is 5.73 Å². The highest BCUT2D eigenvalue weighted by molar-refractivity contribution is 5.87. The fourth-order valence-corrected chi connectivity index (χ4v) is 2.97. The average Bonchev–Trinajstić information content (AvgIpc) is 2.76. The summed E-state index contributed by atoms with van der Waals surface area (Å²) >= 11 is 0. The first kappa shape index (κ1) is 10.6. The lowest BCUT2D eigenvalue weighted by Crippen LogP contribution is -2.33. The van der Waals surface area contributed by atoms with Gasteiger partial charge in [0.25, 0.3) is 0 Å². The van der Waals surface area contributed by atoms with Crippen molar-refractivity contribution in [1.82, 2.24) is 0 Å². The Bertz CT molecular complexity index is 556. The van der Waals surface area contributed by atoms with Crippen LogP contribution in [0.15, 0.2) is 36.4 Å². The molecule has 1 aliphatic carbocycles. The van der Waals surface area contributed by atoms with Crippen LogP contribution in [-0.2, 0) is 5.54 Å². The maximum absolute atomic E-state index is 9.64. The summed E-state index contributed by atoms with van der Waals surface area (Å²) in [6.45, 7) is 0. The van der Waals surface area contributed by atoms with Crippen LogP contribution < -0.4 is 5.73 Å². The number of benzene rings is 2. The van der Waals surface area contributed by atoms with E-state index in [-0.39, 0.29) is 5.54 Å². The third kappa shape index (κ3) is 1.69. The standard InChI is InChI=1S/C15H17NO/c16-15(8-1-2-9-15)14-5-3-4-11-6-7-12(17)10-13(11)14/h3-7,10,17H,1-2,8-9,16H2. The van der Waals surface area contributed by atoms with E-state index in [2.05, 4.69) is 18.2 Å². The minimum atomic E-state index is -0.201. The van der Waals surface area contributed by atoms with Crippen LogP contribution in [-0.4, -0.2) is 5.11 Å². The lowest BCUT2D eigenvalue weighted by molar-refractivity contribution is 0.464. The van der Waals surface area contributed by atoms with E-state index < -0.39 is 0 Å². The molecule has 17 heavy (non-hydrogen) atoms. The molecular formula is C15H17NO. The summed E-state index contributed by atoms with van der Waals surface area (Å²) in [6, 6.07) is 11.7. The van der Waals surface area contributed by atoms with Crippen LogP contribution >= 0.6 is 0 Å². The zero-order valence-electron chi connectivity index (χ0n) is 9.82. The molecule has 0 aromatic heterocycles. The fourth-order valence-electron chi connectivity index (χ4n) is 2.97. The third-order valence-electron chi connectivity index (χ3n) is 3.90. The fraction of sp³-hybridized carbons (Fsp3) is 0.333. The van der Waals surface area contributed by atoms with Crippen molar-refractivity contribution in [3.05, 3.63) is 42.0 Å². The van der Waals surface area contributed by atoms with Crippen LogP contribution in [0.1, 0.15) is 31.2 Å². The van der Waals surface area contributed by atoms with Gasteiger partial charge in [-0.05, 0) is 41.3 Å².